The van der Waals surface area contributed by atoms with Gasteiger partial charge in [-0.1, -0.05) is 0 Å². The van der Waals surface area contributed by atoms with E-state index in [9.17, 15) is 0 Å². The number of hydrogen-bond acceptors (Lipinski definition) is 0. The zero-order chi connectivity index (χ0) is 0. The first-order chi connectivity index (χ1) is 0. The van der Waals surface area contributed by atoms with Gasteiger partial charge in [0, 0.05) is 21.1 Å². The second-order valence-electron chi connectivity index (χ2n) is 0. The Morgan fingerprint density at radius 1 is 0.750 bits per heavy atom. The van der Waals surface area contributed by atoms with E-state index in [0.717, 1.165) is 0 Å². The van der Waals surface area contributed by atoms with Crippen LogP contribution in [0.25, 0.3) is 0 Å². The van der Waals surface area contributed by atoms with Crippen molar-refractivity contribution in [2.45, 2.75) is 0 Å². The minimum absolute atomic E-state index is 0. The fraction of sp³-hybridized carbons (Fsp3) is 0. The van der Waals surface area contributed by atoms with Gasteiger partial charge in [-0.05, 0) is 0 Å². The zero-order valence-electron chi connectivity index (χ0n) is 1.63. The van der Waals surface area contributed by atoms with Crippen molar-refractivity contribution >= 4 is 0 Å². The predicted octanol–water partition coefficient (Wildman–Crippen LogP) is -1.06. The summed E-state index contributed by atoms with van der Waals surface area (Å²) in [5, 5.41) is 0. The molecule has 0 saturated carbocycles. The Morgan fingerprint density at radius 3 is 0.750 bits per heavy atom. The van der Waals surface area contributed by atoms with E-state index in [1.54, 1.807) is 0 Å². The van der Waals surface area contributed by atoms with Crippen LogP contribution in [0.15, 0.2) is 0 Å². The van der Waals surface area contributed by atoms with E-state index in [4.69, 9.17) is 0 Å². The monoisotopic (exact) mass is 245 g/mol. The molecule has 0 atom stereocenters. The molecule has 2 N–H and O–H groups in total. The van der Waals surface area contributed by atoms with Crippen LogP contribution >= 0.6 is 0 Å². The molecule has 0 rings (SSSR count). The standard InChI is InChI=1S/H2O.2O.Pt/h1H2;;;/q;2*-2;. The van der Waals surface area contributed by atoms with Crippen molar-refractivity contribution in [2.75, 3.05) is 0 Å². The molecule has 4 heavy (non-hydrogen) atoms. The minimum atomic E-state index is 0. The van der Waals surface area contributed by atoms with E-state index in [1.807, 2.05) is 0 Å². The van der Waals surface area contributed by atoms with Gasteiger partial charge in [0.05, 0.1) is 0 Å². The molecular weight excluding hydrogens is 243 g/mol. The summed E-state index contributed by atoms with van der Waals surface area (Å²) in [5.74, 6) is 0. The van der Waals surface area contributed by atoms with Gasteiger partial charge in [-0.25, -0.2) is 0 Å². The molecule has 0 heterocycles. The summed E-state index contributed by atoms with van der Waals surface area (Å²) in [7, 11) is 0. The van der Waals surface area contributed by atoms with E-state index in [-0.39, 0.29) is 37.5 Å². The second kappa shape index (κ2) is 72.9. The molecule has 3 nitrogen and oxygen atoms in total. The van der Waals surface area contributed by atoms with E-state index >= 15 is 0 Å². The van der Waals surface area contributed by atoms with Crippen LogP contribution in [0.1, 0.15) is 0 Å². The molecule has 0 saturated heterocycles. The quantitative estimate of drug-likeness (QED) is 0.520. The van der Waals surface area contributed by atoms with Crippen LogP contribution in [-0.4, -0.2) is 5.48 Å². The fourth-order valence-corrected chi connectivity index (χ4v) is 0. The molecular formula is H2O3Pt-4. The van der Waals surface area contributed by atoms with Gasteiger partial charge in [-0.3, -0.25) is 0 Å². The molecule has 0 aromatic rings. The molecule has 0 unspecified atom stereocenters. The summed E-state index contributed by atoms with van der Waals surface area (Å²) >= 11 is 0. The Kier molecular flexibility index (Phi) is 3280. The first-order valence-corrected chi connectivity index (χ1v) is 0. The van der Waals surface area contributed by atoms with Crippen LogP contribution in [0.2, 0.25) is 0 Å². The third kappa shape index (κ3) is 19.6. The van der Waals surface area contributed by atoms with Crippen molar-refractivity contribution in [2.24, 2.45) is 0 Å². The molecule has 0 aliphatic rings. The Balaban J connectivity index is 0. The van der Waals surface area contributed by atoms with Crippen molar-refractivity contribution in [1.29, 1.82) is 0 Å². The van der Waals surface area contributed by atoms with Crippen LogP contribution < -0.4 is 0 Å². The van der Waals surface area contributed by atoms with Crippen molar-refractivity contribution < 1.29 is 37.5 Å². The van der Waals surface area contributed by atoms with Gasteiger partial charge in [-0.15, -0.1) is 0 Å². The summed E-state index contributed by atoms with van der Waals surface area (Å²) < 4.78 is 0. The Morgan fingerprint density at radius 2 is 0.750 bits per heavy atom. The van der Waals surface area contributed by atoms with E-state index < -0.39 is 0 Å². The second-order valence-corrected chi connectivity index (χ2v) is 0. The van der Waals surface area contributed by atoms with Crippen LogP contribution in [0, 0.1) is 0 Å². The smallest absolute Gasteiger partial charge is 0 e. The van der Waals surface area contributed by atoms with Gasteiger partial charge in [0.1, 0.15) is 0 Å². The number of rotatable bonds is 0. The van der Waals surface area contributed by atoms with Gasteiger partial charge in [-0.2, -0.15) is 0 Å². The van der Waals surface area contributed by atoms with Crippen molar-refractivity contribution in [3.05, 3.63) is 0 Å². The topological polar surface area (TPSA) is 88.5 Å². The maximum absolute atomic E-state index is 0. The van der Waals surface area contributed by atoms with Crippen molar-refractivity contribution in [1.82, 2.24) is 0 Å². The average molecular weight is 245 g/mol. The van der Waals surface area contributed by atoms with Crippen molar-refractivity contribution in [3.8, 4) is 0 Å². The Bertz CT molecular complexity index is 3.25. The molecule has 0 aliphatic carbocycles. The summed E-state index contributed by atoms with van der Waals surface area (Å²) in [5.41, 5.74) is 0. The fourth-order valence-electron chi connectivity index (χ4n) is 0. The zero-order valence-corrected chi connectivity index (χ0v) is 3.90. The molecule has 0 aromatic heterocycles. The summed E-state index contributed by atoms with van der Waals surface area (Å²) in [6.45, 7) is 0. The Labute approximate surface area is 38.2 Å². The van der Waals surface area contributed by atoms with Crippen molar-refractivity contribution in [3.63, 3.8) is 0 Å². The first kappa shape index (κ1) is 180. The van der Waals surface area contributed by atoms with Crippen LogP contribution in [0.4, 0.5) is 0 Å². The normalized spacial score (nSPS) is 0. The molecule has 34 valence electrons. The van der Waals surface area contributed by atoms with Gasteiger partial charge in [0.2, 0.25) is 0 Å². The molecule has 0 spiro atoms. The van der Waals surface area contributed by atoms with Gasteiger partial charge < -0.3 is 16.4 Å². The minimum Gasteiger partial charge on any atom is -2.00 e. The maximum atomic E-state index is 0. The number of hydrogen-bond donors (Lipinski definition) is 0. The molecule has 0 bridgehead atoms. The summed E-state index contributed by atoms with van der Waals surface area (Å²) in [4.78, 5) is 0. The van der Waals surface area contributed by atoms with Gasteiger partial charge >= 0.3 is 0 Å². The van der Waals surface area contributed by atoms with E-state index in [2.05, 4.69) is 0 Å². The molecule has 0 aliphatic heterocycles. The Hall–Kier alpha value is 0.568. The largest absolute Gasteiger partial charge is 2.00 e. The first-order valence-electron chi connectivity index (χ1n) is 0. The average Bonchev–Trinajstić information content (AvgIpc) is 0. The summed E-state index contributed by atoms with van der Waals surface area (Å²) in [6, 6.07) is 0. The van der Waals surface area contributed by atoms with E-state index in [1.165, 1.54) is 0 Å². The third-order valence-electron chi connectivity index (χ3n) is 0. The van der Waals surface area contributed by atoms with Crippen LogP contribution in [0.3, 0.4) is 0 Å². The molecule has 4 heteroatoms. The van der Waals surface area contributed by atoms with E-state index in [0.29, 0.717) is 0 Å². The molecule has 0 radical (unpaired) electrons. The maximum Gasteiger partial charge on any atom is 0 e. The van der Waals surface area contributed by atoms with Gasteiger partial charge in [0.25, 0.3) is 0 Å². The van der Waals surface area contributed by atoms with Gasteiger partial charge in [0.15, 0.2) is 0 Å². The SMILES string of the molecule is O.[O-2].[O-2].[Pt]. The third-order valence-corrected chi connectivity index (χ3v) is 0. The molecule has 0 amide bonds. The molecule has 0 fully saturated rings. The molecule has 0 aromatic carbocycles. The predicted molar refractivity (Wildman–Crippen MR) is 4.99 cm³/mol. The summed E-state index contributed by atoms with van der Waals surface area (Å²) in [6.07, 6.45) is 0. The van der Waals surface area contributed by atoms with Crippen LogP contribution in [0.5, 0.6) is 0 Å². The van der Waals surface area contributed by atoms with Crippen LogP contribution in [-0.2, 0) is 32.0 Å².